The van der Waals surface area contributed by atoms with Crippen LogP contribution in [0.3, 0.4) is 0 Å². The zero-order chi connectivity index (χ0) is 8.55. The van der Waals surface area contributed by atoms with Gasteiger partial charge in [-0.1, -0.05) is 6.92 Å². The SMILES string of the molecule is CC1CC1C(=O)Nc1ncns1. The molecular weight excluding hydrogens is 174 g/mol. The van der Waals surface area contributed by atoms with Gasteiger partial charge in [0.05, 0.1) is 0 Å². The molecule has 0 bridgehead atoms. The zero-order valence-corrected chi connectivity index (χ0v) is 7.47. The highest BCUT2D eigenvalue weighted by Gasteiger charge is 2.39. The van der Waals surface area contributed by atoms with Gasteiger partial charge in [0.25, 0.3) is 0 Å². The van der Waals surface area contributed by atoms with Crippen LogP contribution in [0.25, 0.3) is 0 Å². The van der Waals surface area contributed by atoms with Crippen molar-refractivity contribution in [1.82, 2.24) is 9.36 Å². The van der Waals surface area contributed by atoms with Crippen LogP contribution in [0.15, 0.2) is 6.33 Å². The number of carbonyl (C=O) groups excluding carboxylic acids is 1. The Morgan fingerprint density at radius 2 is 2.58 bits per heavy atom. The number of nitrogens with zero attached hydrogens (tertiary/aromatic N) is 2. The third-order valence-corrected chi connectivity index (χ3v) is 2.62. The lowest BCUT2D eigenvalue weighted by molar-refractivity contribution is -0.117. The molecule has 64 valence electrons. The average Bonchev–Trinajstić information content (AvgIpc) is 2.58. The van der Waals surface area contributed by atoms with Crippen LogP contribution in [0.4, 0.5) is 5.13 Å². The molecule has 2 rings (SSSR count). The Morgan fingerprint density at radius 3 is 3.08 bits per heavy atom. The minimum atomic E-state index is 0.0826. The minimum absolute atomic E-state index is 0.0826. The van der Waals surface area contributed by atoms with Crippen LogP contribution < -0.4 is 5.32 Å². The number of carbonyl (C=O) groups is 1. The van der Waals surface area contributed by atoms with Crippen LogP contribution in [0.2, 0.25) is 0 Å². The molecule has 0 radical (unpaired) electrons. The van der Waals surface area contributed by atoms with Crippen molar-refractivity contribution in [2.45, 2.75) is 13.3 Å². The molecule has 1 aliphatic carbocycles. The number of aromatic nitrogens is 2. The molecule has 1 amide bonds. The van der Waals surface area contributed by atoms with Crippen molar-refractivity contribution < 1.29 is 4.79 Å². The molecule has 4 nitrogen and oxygen atoms in total. The Balaban J connectivity index is 1.92. The molecule has 1 saturated carbocycles. The van der Waals surface area contributed by atoms with Gasteiger partial charge in [-0.3, -0.25) is 4.79 Å². The predicted molar refractivity (Wildman–Crippen MR) is 45.8 cm³/mol. The summed E-state index contributed by atoms with van der Waals surface area (Å²) in [5.74, 6) is 0.825. The lowest BCUT2D eigenvalue weighted by Crippen LogP contribution is -2.13. The number of hydrogen-bond donors (Lipinski definition) is 1. The van der Waals surface area contributed by atoms with Gasteiger partial charge < -0.3 is 5.32 Å². The monoisotopic (exact) mass is 183 g/mol. The van der Waals surface area contributed by atoms with Gasteiger partial charge in [0, 0.05) is 17.5 Å². The van der Waals surface area contributed by atoms with E-state index in [1.165, 1.54) is 17.9 Å². The van der Waals surface area contributed by atoms with Crippen molar-refractivity contribution in [2.75, 3.05) is 5.32 Å². The smallest absolute Gasteiger partial charge is 0.229 e. The van der Waals surface area contributed by atoms with E-state index in [0.29, 0.717) is 11.0 Å². The molecule has 5 heteroatoms. The second kappa shape index (κ2) is 2.82. The van der Waals surface area contributed by atoms with Gasteiger partial charge in [-0.15, -0.1) is 0 Å². The largest absolute Gasteiger partial charge is 0.300 e. The van der Waals surface area contributed by atoms with E-state index in [2.05, 4.69) is 21.6 Å². The maximum absolute atomic E-state index is 11.3. The van der Waals surface area contributed by atoms with E-state index < -0.39 is 0 Å². The topological polar surface area (TPSA) is 54.9 Å². The molecule has 12 heavy (non-hydrogen) atoms. The quantitative estimate of drug-likeness (QED) is 0.747. The van der Waals surface area contributed by atoms with E-state index in [4.69, 9.17) is 0 Å². The maximum atomic E-state index is 11.3. The summed E-state index contributed by atoms with van der Waals surface area (Å²) in [5.41, 5.74) is 0. The lowest BCUT2D eigenvalue weighted by atomic mass is 10.3. The first-order valence-electron chi connectivity index (χ1n) is 3.85. The van der Waals surface area contributed by atoms with Gasteiger partial charge >= 0.3 is 0 Å². The van der Waals surface area contributed by atoms with E-state index in [-0.39, 0.29) is 11.8 Å². The van der Waals surface area contributed by atoms with E-state index in [1.54, 1.807) is 0 Å². The summed E-state index contributed by atoms with van der Waals surface area (Å²) >= 11 is 1.20. The molecule has 1 aromatic heterocycles. The van der Waals surface area contributed by atoms with E-state index in [0.717, 1.165) is 6.42 Å². The highest BCUT2D eigenvalue weighted by atomic mass is 32.1. The molecule has 1 aromatic rings. The summed E-state index contributed by atoms with van der Waals surface area (Å²) < 4.78 is 3.79. The molecule has 1 N–H and O–H groups in total. The molecule has 1 aliphatic rings. The van der Waals surface area contributed by atoms with E-state index in [1.807, 2.05) is 0 Å². The second-order valence-electron chi connectivity index (χ2n) is 3.06. The summed E-state index contributed by atoms with van der Waals surface area (Å²) in [5, 5.41) is 3.32. The third kappa shape index (κ3) is 1.45. The molecule has 0 spiro atoms. The van der Waals surface area contributed by atoms with Gasteiger partial charge in [0.2, 0.25) is 11.0 Å². The highest BCUT2D eigenvalue weighted by Crippen LogP contribution is 2.38. The number of nitrogens with one attached hydrogen (secondary N) is 1. The fraction of sp³-hybridized carbons (Fsp3) is 0.571. The van der Waals surface area contributed by atoms with Crippen molar-refractivity contribution in [1.29, 1.82) is 0 Å². The Hall–Kier alpha value is -0.970. The van der Waals surface area contributed by atoms with E-state index in [9.17, 15) is 4.79 Å². The second-order valence-corrected chi connectivity index (χ2v) is 3.84. The standard InChI is InChI=1S/C7H9N3OS/c1-4-2-5(4)6(11)10-7-8-3-9-12-7/h3-5H,2H2,1H3,(H,8,9,10,11). The summed E-state index contributed by atoms with van der Waals surface area (Å²) in [6.45, 7) is 2.07. The van der Waals surface area contributed by atoms with Crippen LogP contribution in [-0.4, -0.2) is 15.3 Å². The molecule has 2 atom stereocenters. The van der Waals surface area contributed by atoms with Crippen LogP contribution in [0.5, 0.6) is 0 Å². The lowest BCUT2D eigenvalue weighted by Gasteiger charge is -1.96. The molecule has 0 aromatic carbocycles. The Kier molecular flexibility index (Phi) is 1.80. The fourth-order valence-electron chi connectivity index (χ4n) is 1.11. The number of anilines is 1. The van der Waals surface area contributed by atoms with Gasteiger partial charge in [-0.2, -0.15) is 4.37 Å². The Morgan fingerprint density at radius 1 is 1.83 bits per heavy atom. The maximum Gasteiger partial charge on any atom is 0.229 e. The summed E-state index contributed by atoms with van der Waals surface area (Å²) in [4.78, 5) is 15.2. The van der Waals surface area contributed by atoms with Crippen LogP contribution in [-0.2, 0) is 4.79 Å². The number of hydrogen-bond acceptors (Lipinski definition) is 4. The fourth-order valence-corrected chi connectivity index (χ4v) is 1.55. The zero-order valence-electron chi connectivity index (χ0n) is 6.65. The van der Waals surface area contributed by atoms with Crippen molar-refractivity contribution in [3.8, 4) is 0 Å². The number of amides is 1. The van der Waals surface area contributed by atoms with Crippen molar-refractivity contribution in [3.05, 3.63) is 6.33 Å². The summed E-state index contributed by atoms with van der Waals surface area (Å²) in [7, 11) is 0. The van der Waals surface area contributed by atoms with Crippen LogP contribution >= 0.6 is 11.5 Å². The van der Waals surface area contributed by atoms with Crippen LogP contribution in [0.1, 0.15) is 13.3 Å². The molecular formula is C7H9N3OS. The molecule has 0 saturated heterocycles. The van der Waals surface area contributed by atoms with Crippen molar-refractivity contribution in [2.24, 2.45) is 11.8 Å². The minimum Gasteiger partial charge on any atom is -0.300 e. The van der Waals surface area contributed by atoms with Gasteiger partial charge in [0.15, 0.2) is 0 Å². The Labute approximate surface area is 74.2 Å². The van der Waals surface area contributed by atoms with Crippen LogP contribution in [0, 0.1) is 11.8 Å². The highest BCUT2D eigenvalue weighted by molar-refractivity contribution is 7.09. The molecule has 1 heterocycles. The van der Waals surface area contributed by atoms with Gasteiger partial charge in [-0.05, 0) is 12.3 Å². The molecule has 2 unspecified atom stereocenters. The van der Waals surface area contributed by atoms with E-state index >= 15 is 0 Å². The average molecular weight is 183 g/mol. The predicted octanol–water partition coefficient (Wildman–Crippen LogP) is 1.13. The van der Waals surface area contributed by atoms with Crippen molar-refractivity contribution >= 4 is 22.6 Å². The number of rotatable bonds is 2. The third-order valence-electron chi connectivity index (χ3n) is 2.04. The summed E-state index contributed by atoms with van der Waals surface area (Å²) in [6.07, 6.45) is 2.45. The Bertz CT molecular complexity index is 285. The molecule has 0 aliphatic heterocycles. The first-order chi connectivity index (χ1) is 5.77. The first kappa shape index (κ1) is 7.67. The summed E-state index contributed by atoms with van der Waals surface area (Å²) in [6, 6.07) is 0. The van der Waals surface area contributed by atoms with Gasteiger partial charge in [-0.25, -0.2) is 4.98 Å². The first-order valence-corrected chi connectivity index (χ1v) is 4.62. The van der Waals surface area contributed by atoms with Crippen molar-refractivity contribution in [3.63, 3.8) is 0 Å². The molecule has 1 fully saturated rings. The van der Waals surface area contributed by atoms with Gasteiger partial charge in [0.1, 0.15) is 6.33 Å². The normalized spacial score (nSPS) is 26.8.